The highest BCUT2D eigenvalue weighted by Gasteiger charge is 2.48. The van der Waals surface area contributed by atoms with Crippen molar-refractivity contribution in [1.29, 1.82) is 0 Å². The van der Waals surface area contributed by atoms with Gasteiger partial charge in [-0.25, -0.2) is 4.39 Å². The second-order valence-corrected chi connectivity index (χ2v) is 7.06. The lowest BCUT2D eigenvalue weighted by Gasteiger charge is -2.13. The number of halogens is 1. The van der Waals surface area contributed by atoms with Crippen LogP contribution >= 0.6 is 0 Å². The van der Waals surface area contributed by atoms with Crippen LogP contribution < -0.4 is 10.6 Å². The monoisotopic (exact) mass is 354 g/mol. The lowest BCUT2D eigenvalue weighted by molar-refractivity contribution is -0.125. The highest BCUT2D eigenvalue weighted by atomic mass is 19.1. The molecule has 2 aromatic carbocycles. The molecular weight excluding hydrogens is 331 g/mol. The summed E-state index contributed by atoms with van der Waals surface area (Å²) in [5, 5.41) is 5.79. The number of aryl methyl sites for hydroxylation is 3. The zero-order valence-corrected chi connectivity index (χ0v) is 15.2. The molecule has 1 fully saturated rings. The van der Waals surface area contributed by atoms with Crippen molar-refractivity contribution in [2.45, 2.75) is 33.7 Å². The third-order valence-corrected chi connectivity index (χ3v) is 4.77. The summed E-state index contributed by atoms with van der Waals surface area (Å²) in [6.07, 6.45) is 0.561. The Kier molecular flexibility index (Phi) is 5.07. The van der Waals surface area contributed by atoms with Gasteiger partial charge in [0.05, 0.1) is 11.8 Å². The van der Waals surface area contributed by atoms with Gasteiger partial charge in [0, 0.05) is 12.2 Å². The molecule has 26 heavy (non-hydrogen) atoms. The van der Waals surface area contributed by atoms with Crippen molar-refractivity contribution in [3.8, 4) is 0 Å². The number of amides is 2. The fourth-order valence-corrected chi connectivity index (χ4v) is 3.29. The van der Waals surface area contributed by atoms with E-state index in [1.54, 1.807) is 12.1 Å². The quantitative estimate of drug-likeness (QED) is 0.861. The highest BCUT2D eigenvalue weighted by Crippen LogP contribution is 2.40. The van der Waals surface area contributed by atoms with Crippen molar-refractivity contribution >= 4 is 17.5 Å². The minimum atomic E-state index is -0.305. The molecule has 3 rings (SSSR count). The SMILES string of the molecule is Cc1cc(C)c(NC(=O)C2CC2C(=O)NCc2ccc(F)cc2)c(C)c1. The van der Waals surface area contributed by atoms with E-state index in [1.165, 1.54) is 12.1 Å². The van der Waals surface area contributed by atoms with Gasteiger partial charge in [-0.1, -0.05) is 29.8 Å². The van der Waals surface area contributed by atoms with Crippen LogP contribution in [0.2, 0.25) is 0 Å². The number of hydrogen-bond acceptors (Lipinski definition) is 2. The average molecular weight is 354 g/mol. The molecule has 0 radical (unpaired) electrons. The molecule has 5 heteroatoms. The summed E-state index contributed by atoms with van der Waals surface area (Å²) in [7, 11) is 0. The van der Waals surface area contributed by atoms with Crippen molar-refractivity contribution in [2.75, 3.05) is 5.32 Å². The summed E-state index contributed by atoms with van der Waals surface area (Å²) in [6.45, 7) is 6.29. The van der Waals surface area contributed by atoms with Crippen LogP contribution in [0.1, 0.15) is 28.7 Å². The number of nitrogens with one attached hydrogen (secondary N) is 2. The predicted molar refractivity (Wildman–Crippen MR) is 99.1 cm³/mol. The van der Waals surface area contributed by atoms with Crippen molar-refractivity contribution in [3.05, 3.63) is 64.5 Å². The lowest BCUT2D eigenvalue weighted by atomic mass is 10.0. The van der Waals surface area contributed by atoms with E-state index < -0.39 is 0 Å². The van der Waals surface area contributed by atoms with Gasteiger partial charge in [0.25, 0.3) is 0 Å². The molecule has 1 aliphatic carbocycles. The standard InChI is InChI=1S/C21H23FN2O2/c1-12-8-13(2)19(14(3)9-12)24-21(26)18-10-17(18)20(25)23-11-15-4-6-16(22)7-5-15/h4-9,17-18H,10-11H2,1-3H3,(H,23,25)(H,24,26). The van der Waals surface area contributed by atoms with E-state index >= 15 is 0 Å². The highest BCUT2D eigenvalue weighted by molar-refractivity contribution is 6.00. The molecule has 1 aliphatic rings. The Labute approximate surface area is 152 Å². The molecule has 0 spiro atoms. The summed E-state index contributed by atoms with van der Waals surface area (Å²) in [6, 6.07) is 10.1. The Morgan fingerprint density at radius 3 is 2.19 bits per heavy atom. The van der Waals surface area contributed by atoms with Crippen LogP contribution in [0.5, 0.6) is 0 Å². The van der Waals surface area contributed by atoms with Gasteiger partial charge < -0.3 is 10.6 Å². The second kappa shape index (κ2) is 7.28. The summed E-state index contributed by atoms with van der Waals surface area (Å²) >= 11 is 0. The van der Waals surface area contributed by atoms with Gasteiger partial charge in [-0.05, 0) is 56.0 Å². The maximum Gasteiger partial charge on any atom is 0.228 e. The maximum absolute atomic E-state index is 12.9. The lowest BCUT2D eigenvalue weighted by Crippen LogP contribution is -2.27. The van der Waals surface area contributed by atoms with Gasteiger partial charge in [-0.3, -0.25) is 9.59 Å². The molecule has 2 unspecified atom stereocenters. The molecule has 4 nitrogen and oxygen atoms in total. The van der Waals surface area contributed by atoms with E-state index in [9.17, 15) is 14.0 Å². The minimum Gasteiger partial charge on any atom is -0.352 e. The van der Waals surface area contributed by atoms with E-state index in [-0.39, 0.29) is 29.5 Å². The molecular formula is C21H23FN2O2. The smallest absolute Gasteiger partial charge is 0.228 e. The minimum absolute atomic E-state index is 0.109. The Bertz CT molecular complexity index is 823. The molecule has 0 bridgehead atoms. The van der Waals surface area contributed by atoms with Crippen LogP contribution in [0.25, 0.3) is 0 Å². The van der Waals surface area contributed by atoms with Gasteiger partial charge in [-0.2, -0.15) is 0 Å². The Hall–Kier alpha value is -2.69. The summed E-state index contributed by atoms with van der Waals surface area (Å²) in [4.78, 5) is 24.7. The Morgan fingerprint density at radius 2 is 1.58 bits per heavy atom. The molecule has 0 saturated heterocycles. The summed E-state index contributed by atoms with van der Waals surface area (Å²) < 4.78 is 12.9. The first-order valence-corrected chi connectivity index (χ1v) is 8.76. The van der Waals surface area contributed by atoms with E-state index in [0.29, 0.717) is 13.0 Å². The largest absolute Gasteiger partial charge is 0.352 e. The van der Waals surface area contributed by atoms with Crippen LogP contribution in [0.4, 0.5) is 10.1 Å². The molecule has 0 aliphatic heterocycles. The van der Waals surface area contributed by atoms with Crippen molar-refractivity contribution in [2.24, 2.45) is 11.8 Å². The predicted octanol–water partition coefficient (Wildman–Crippen LogP) is 3.64. The first-order chi connectivity index (χ1) is 12.3. The van der Waals surface area contributed by atoms with E-state index in [1.807, 2.05) is 32.9 Å². The van der Waals surface area contributed by atoms with Crippen LogP contribution in [0.3, 0.4) is 0 Å². The topological polar surface area (TPSA) is 58.2 Å². The van der Waals surface area contributed by atoms with Gasteiger partial charge >= 0.3 is 0 Å². The van der Waals surface area contributed by atoms with Crippen molar-refractivity contribution in [1.82, 2.24) is 5.32 Å². The molecule has 2 amide bonds. The molecule has 2 aromatic rings. The third-order valence-electron chi connectivity index (χ3n) is 4.77. The van der Waals surface area contributed by atoms with Crippen LogP contribution in [-0.2, 0) is 16.1 Å². The van der Waals surface area contributed by atoms with Gasteiger partial charge in [0.15, 0.2) is 0 Å². The third kappa shape index (κ3) is 4.10. The zero-order valence-electron chi connectivity index (χ0n) is 15.2. The number of hydrogen-bond donors (Lipinski definition) is 2. The zero-order chi connectivity index (χ0) is 18.8. The summed E-state index contributed by atoms with van der Waals surface area (Å²) in [5.41, 5.74) is 4.86. The van der Waals surface area contributed by atoms with Crippen LogP contribution in [0.15, 0.2) is 36.4 Å². The van der Waals surface area contributed by atoms with Gasteiger partial charge in [-0.15, -0.1) is 0 Å². The van der Waals surface area contributed by atoms with Gasteiger partial charge in [0.1, 0.15) is 5.82 Å². The molecule has 1 saturated carbocycles. The van der Waals surface area contributed by atoms with Crippen LogP contribution in [-0.4, -0.2) is 11.8 Å². The van der Waals surface area contributed by atoms with E-state index in [4.69, 9.17) is 0 Å². The second-order valence-electron chi connectivity index (χ2n) is 7.06. The molecule has 0 aromatic heterocycles. The Balaban J connectivity index is 1.53. The van der Waals surface area contributed by atoms with Gasteiger partial charge in [0.2, 0.25) is 11.8 Å². The molecule has 2 atom stereocenters. The fraction of sp³-hybridized carbons (Fsp3) is 0.333. The van der Waals surface area contributed by atoms with E-state index in [0.717, 1.165) is 27.9 Å². The molecule has 136 valence electrons. The summed E-state index contributed by atoms with van der Waals surface area (Å²) in [5.74, 6) is -1.13. The number of anilines is 1. The normalized spacial score (nSPS) is 18.3. The number of carbonyl (C=O) groups is 2. The average Bonchev–Trinajstić information content (AvgIpc) is 3.38. The number of rotatable bonds is 5. The first-order valence-electron chi connectivity index (χ1n) is 8.76. The molecule has 0 heterocycles. The van der Waals surface area contributed by atoms with Crippen molar-refractivity contribution < 1.29 is 14.0 Å². The number of carbonyl (C=O) groups excluding carboxylic acids is 2. The van der Waals surface area contributed by atoms with Crippen LogP contribution in [0, 0.1) is 38.4 Å². The first kappa shape index (κ1) is 18.1. The van der Waals surface area contributed by atoms with Crippen molar-refractivity contribution in [3.63, 3.8) is 0 Å². The maximum atomic E-state index is 12.9. The molecule has 2 N–H and O–H groups in total. The number of benzene rings is 2. The fourth-order valence-electron chi connectivity index (χ4n) is 3.29. The van der Waals surface area contributed by atoms with E-state index in [2.05, 4.69) is 10.6 Å². The Morgan fingerprint density at radius 1 is 1.00 bits per heavy atom.